The van der Waals surface area contributed by atoms with Crippen LogP contribution in [0.3, 0.4) is 0 Å². The van der Waals surface area contributed by atoms with Crippen molar-refractivity contribution in [1.82, 2.24) is 15.6 Å². The van der Waals surface area contributed by atoms with Crippen LogP contribution >= 0.6 is 24.0 Å². The Bertz CT molecular complexity index is 557. The highest BCUT2D eigenvalue weighted by molar-refractivity contribution is 14.0. The van der Waals surface area contributed by atoms with Crippen molar-refractivity contribution < 1.29 is 22.6 Å². The molecule has 2 N–H and O–H groups in total. The van der Waals surface area contributed by atoms with Crippen LogP contribution in [0, 0.1) is 5.92 Å². The van der Waals surface area contributed by atoms with E-state index in [9.17, 15) is 13.2 Å². The van der Waals surface area contributed by atoms with Gasteiger partial charge in [0.25, 0.3) is 0 Å². The summed E-state index contributed by atoms with van der Waals surface area (Å²) in [5.74, 6) is 0.635. The van der Waals surface area contributed by atoms with E-state index >= 15 is 0 Å². The van der Waals surface area contributed by atoms with E-state index in [1.165, 1.54) is 12.3 Å². The molecular formula is C17H28F3IN4O2. The minimum absolute atomic E-state index is 0. The zero-order chi connectivity index (χ0) is 19.4. The number of aromatic nitrogens is 1. The summed E-state index contributed by atoms with van der Waals surface area (Å²) in [6.07, 6.45) is -2.40. The number of nitrogens with one attached hydrogen (secondary N) is 2. The van der Waals surface area contributed by atoms with E-state index in [-0.39, 0.29) is 37.1 Å². The third-order valence-electron chi connectivity index (χ3n) is 3.14. The average Bonchev–Trinajstić information content (AvgIpc) is 2.59. The van der Waals surface area contributed by atoms with Gasteiger partial charge in [0.15, 0.2) is 5.96 Å². The molecule has 10 heteroatoms. The fraction of sp³-hybridized carbons (Fsp3) is 0.647. The summed E-state index contributed by atoms with van der Waals surface area (Å²) >= 11 is 0. The highest BCUT2D eigenvalue weighted by Gasteiger charge is 2.34. The van der Waals surface area contributed by atoms with E-state index in [2.05, 4.69) is 34.5 Å². The smallest absolute Gasteiger partial charge is 0.421 e. The van der Waals surface area contributed by atoms with Crippen LogP contribution in [0.4, 0.5) is 13.2 Å². The molecule has 0 aromatic carbocycles. The van der Waals surface area contributed by atoms with Gasteiger partial charge >= 0.3 is 6.18 Å². The van der Waals surface area contributed by atoms with E-state index in [1.807, 2.05) is 0 Å². The Morgan fingerprint density at radius 1 is 1.22 bits per heavy atom. The lowest BCUT2D eigenvalue weighted by atomic mass is 10.2. The van der Waals surface area contributed by atoms with Gasteiger partial charge in [0, 0.05) is 33.0 Å². The minimum Gasteiger partial charge on any atom is -0.475 e. The standard InChI is InChI=1S/C17H27F3N4O2.HI/c1-13(2)12-25-10-5-8-23-16(21-3)24-9-11-26-15-14(17(18,19)20)6-4-7-22-15;/h4,6-7,13H,5,8-12H2,1-3H3,(H2,21,23,24);1H. The number of guanidine groups is 1. The van der Waals surface area contributed by atoms with Crippen molar-refractivity contribution in [2.45, 2.75) is 26.4 Å². The summed E-state index contributed by atoms with van der Waals surface area (Å²) in [7, 11) is 1.62. The van der Waals surface area contributed by atoms with Gasteiger partial charge in [-0.15, -0.1) is 24.0 Å². The van der Waals surface area contributed by atoms with Crippen LogP contribution in [-0.2, 0) is 10.9 Å². The molecule has 27 heavy (non-hydrogen) atoms. The summed E-state index contributed by atoms with van der Waals surface area (Å²) in [5, 5.41) is 6.07. The highest BCUT2D eigenvalue weighted by atomic mass is 127. The number of rotatable bonds is 10. The molecule has 0 fully saturated rings. The topological polar surface area (TPSA) is 67.8 Å². The molecule has 0 saturated heterocycles. The first-order valence-corrected chi connectivity index (χ1v) is 8.52. The van der Waals surface area contributed by atoms with Crippen molar-refractivity contribution in [3.63, 3.8) is 0 Å². The van der Waals surface area contributed by atoms with Gasteiger partial charge < -0.3 is 20.1 Å². The number of pyridine rings is 1. The van der Waals surface area contributed by atoms with Crippen LogP contribution in [-0.4, -0.2) is 50.9 Å². The van der Waals surface area contributed by atoms with Crippen molar-refractivity contribution in [1.29, 1.82) is 0 Å². The number of nitrogens with zero attached hydrogens (tertiary/aromatic N) is 2. The zero-order valence-corrected chi connectivity index (χ0v) is 18.1. The second-order valence-electron chi connectivity index (χ2n) is 5.95. The number of hydrogen-bond acceptors (Lipinski definition) is 4. The van der Waals surface area contributed by atoms with E-state index in [4.69, 9.17) is 9.47 Å². The van der Waals surface area contributed by atoms with Crippen molar-refractivity contribution >= 4 is 29.9 Å². The predicted octanol–water partition coefficient (Wildman–Crippen LogP) is 3.32. The fourth-order valence-corrected chi connectivity index (χ4v) is 1.96. The van der Waals surface area contributed by atoms with Gasteiger partial charge in [-0.05, 0) is 24.5 Å². The summed E-state index contributed by atoms with van der Waals surface area (Å²) < 4.78 is 49.1. The Morgan fingerprint density at radius 2 is 1.93 bits per heavy atom. The summed E-state index contributed by atoms with van der Waals surface area (Å²) in [4.78, 5) is 7.68. The van der Waals surface area contributed by atoms with Gasteiger partial charge in [0.1, 0.15) is 12.2 Å². The maximum absolute atomic E-state index is 12.8. The van der Waals surface area contributed by atoms with Gasteiger partial charge in [0.05, 0.1) is 6.54 Å². The van der Waals surface area contributed by atoms with E-state index in [1.54, 1.807) is 7.05 Å². The SMILES string of the molecule is CN=C(NCCCOCC(C)C)NCCOc1ncccc1C(F)(F)F.I. The molecule has 0 atom stereocenters. The number of halogens is 4. The number of ether oxygens (including phenoxy) is 2. The normalized spacial score (nSPS) is 11.9. The molecule has 0 radical (unpaired) electrons. The zero-order valence-electron chi connectivity index (χ0n) is 15.8. The first-order chi connectivity index (χ1) is 12.3. The van der Waals surface area contributed by atoms with Crippen molar-refractivity contribution in [3.05, 3.63) is 23.9 Å². The third kappa shape index (κ3) is 11.2. The lowest BCUT2D eigenvalue weighted by Gasteiger charge is -2.14. The first-order valence-electron chi connectivity index (χ1n) is 8.52. The Labute approximate surface area is 175 Å². The van der Waals surface area contributed by atoms with Crippen LogP contribution in [0.1, 0.15) is 25.8 Å². The number of hydrogen-bond donors (Lipinski definition) is 2. The molecule has 1 aromatic heterocycles. The number of alkyl halides is 3. The first kappa shape index (κ1) is 25.7. The molecule has 0 amide bonds. The van der Waals surface area contributed by atoms with Crippen molar-refractivity contribution in [2.75, 3.05) is 40.0 Å². The maximum atomic E-state index is 12.8. The van der Waals surface area contributed by atoms with Crippen LogP contribution in [0.2, 0.25) is 0 Å². The second kappa shape index (κ2) is 13.8. The summed E-state index contributed by atoms with van der Waals surface area (Å²) in [6.45, 7) is 6.57. The predicted molar refractivity (Wildman–Crippen MR) is 110 cm³/mol. The van der Waals surface area contributed by atoms with E-state index in [0.29, 0.717) is 25.0 Å². The molecule has 0 saturated carbocycles. The Kier molecular flexibility index (Phi) is 13.1. The number of aliphatic imine (C=N–C) groups is 1. The largest absolute Gasteiger partial charge is 0.475 e. The average molecular weight is 504 g/mol. The Hall–Kier alpha value is -1.30. The van der Waals surface area contributed by atoms with Gasteiger partial charge in [-0.2, -0.15) is 13.2 Å². The monoisotopic (exact) mass is 504 g/mol. The van der Waals surface area contributed by atoms with E-state index < -0.39 is 17.6 Å². The van der Waals surface area contributed by atoms with Gasteiger partial charge in [-0.25, -0.2) is 4.98 Å². The van der Waals surface area contributed by atoms with Crippen LogP contribution in [0.15, 0.2) is 23.3 Å². The Balaban J connectivity index is 0.00000676. The van der Waals surface area contributed by atoms with Crippen molar-refractivity contribution in [2.24, 2.45) is 10.9 Å². The molecule has 0 aliphatic carbocycles. The van der Waals surface area contributed by atoms with Gasteiger partial charge in [0.2, 0.25) is 5.88 Å². The van der Waals surface area contributed by atoms with Crippen LogP contribution in [0.5, 0.6) is 5.88 Å². The molecule has 6 nitrogen and oxygen atoms in total. The van der Waals surface area contributed by atoms with Crippen molar-refractivity contribution in [3.8, 4) is 5.88 Å². The third-order valence-corrected chi connectivity index (χ3v) is 3.14. The maximum Gasteiger partial charge on any atom is 0.421 e. The highest BCUT2D eigenvalue weighted by Crippen LogP contribution is 2.34. The molecule has 1 aromatic rings. The molecular weight excluding hydrogens is 476 g/mol. The molecule has 0 bridgehead atoms. The van der Waals surface area contributed by atoms with E-state index in [0.717, 1.165) is 19.1 Å². The lowest BCUT2D eigenvalue weighted by Crippen LogP contribution is -2.40. The Morgan fingerprint density at radius 3 is 2.56 bits per heavy atom. The molecule has 0 unspecified atom stereocenters. The van der Waals surface area contributed by atoms with Gasteiger partial charge in [-0.1, -0.05) is 13.8 Å². The molecule has 0 spiro atoms. The molecule has 1 heterocycles. The molecule has 0 aliphatic rings. The van der Waals surface area contributed by atoms with Gasteiger partial charge in [-0.3, -0.25) is 4.99 Å². The fourth-order valence-electron chi connectivity index (χ4n) is 1.96. The van der Waals surface area contributed by atoms with Crippen LogP contribution in [0.25, 0.3) is 0 Å². The van der Waals surface area contributed by atoms with Crippen LogP contribution < -0.4 is 15.4 Å². The molecule has 156 valence electrons. The summed E-state index contributed by atoms with van der Waals surface area (Å²) in [6, 6.07) is 2.17. The summed E-state index contributed by atoms with van der Waals surface area (Å²) in [5.41, 5.74) is -0.885. The second-order valence-corrected chi connectivity index (χ2v) is 5.95. The minimum atomic E-state index is -4.49. The molecule has 0 aliphatic heterocycles. The lowest BCUT2D eigenvalue weighted by molar-refractivity contribution is -0.139. The molecule has 1 rings (SSSR count). The quantitative estimate of drug-likeness (QED) is 0.222.